The molecule has 1 saturated heterocycles. The maximum absolute atomic E-state index is 13.0. The van der Waals surface area contributed by atoms with Crippen LogP contribution in [-0.2, 0) is 16.0 Å². The lowest BCUT2D eigenvalue weighted by Gasteiger charge is -2.32. The number of hydrogen-bond donors (Lipinski definition) is 1. The molecule has 4 rings (SSSR count). The van der Waals surface area contributed by atoms with E-state index in [4.69, 9.17) is 4.74 Å². The van der Waals surface area contributed by atoms with E-state index in [1.165, 1.54) is 0 Å². The van der Waals surface area contributed by atoms with E-state index in [1.54, 1.807) is 36.2 Å². The zero-order valence-electron chi connectivity index (χ0n) is 24.2. The van der Waals surface area contributed by atoms with Crippen LogP contribution in [0.4, 0.5) is 0 Å². The topological polar surface area (TPSA) is 79.0 Å². The van der Waals surface area contributed by atoms with E-state index in [0.717, 1.165) is 62.0 Å². The Morgan fingerprint density at radius 1 is 0.927 bits per heavy atom. The van der Waals surface area contributed by atoms with Crippen LogP contribution in [0.15, 0.2) is 78.9 Å². The molecule has 1 aliphatic rings. The molecule has 0 saturated carbocycles. The summed E-state index contributed by atoms with van der Waals surface area (Å²) in [6.45, 7) is 5.65. The second-order valence-corrected chi connectivity index (χ2v) is 10.6. The number of likely N-dealkylation sites (tertiary alicyclic amines) is 1. The van der Waals surface area contributed by atoms with E-state index in [1.807, 2.05) is 42.5 Å². The van der Waals surface area contributed by atoms with Crippen molar-refractivity contribution < 1.29 is 19.1 Å². The van der Waals surface area contributed by atoms with E-state index < -0.39 is 0 Å². The van der Waals surface area contributed by atoms with Gasteiger partial charge in [-0.3, -0.25) is 14.4 Å². The van der Waals surface area contributed by atoms with Crippen LogP contribution in [0.5, 0.6) is 0 Å². The number of unbranched alkanes of at least 4 members (excludes halogenated alkanes) is 1. The number of esters is 1. The number of nitrogens with zero attached hydrogens (tertiary/aromatic N) is 2. The number of carbonyl (C=O) groups excluding carboxylic acids is 3. The molecule has 7 nitrogen and oxygen atoms in total. The molecule has 0 bridgehead atoms. The minimum Gasteiger partial charge on any atom is -0.462 e. The Morgan fingerprint density at radius 2 is 1.63 bits per heavy atom. The lowest BCUT2D eigenvalue weighted by Crippen LogP contribution is -2.42. The summed E-state index contributed by atoms with van der Waals surface area (Å²) >= 11 is 0. The molecule has 0 spiro atoms. The molecule has 0 atom stereocenters. The first-order valence-electron chi connectivity index (χ1n) is 14.6. The number of carbonyl (C=O) groups is 3. The van der Waals surface area contributed by atoms with Crippen LogP contribution in [-0.4, -0.2) is 73.5 Å². The fraction of sp³-hybridized carbons (Fsp3) is 0.382. The van der Waals surface area contributed by atoms with Crippen molar-refractivity contribution >= 4 is 17.8 Å². The van der Waals surface area contributed by atoms with Crippen molar-refractivity contribution in [3.8, 4) is 11.1 Å². The summed E-state index contributed by atoms with van der Waals surface area (Å²) < 4.78 is 5.85. The Morgan fingerprint density at radius 3 is 2.39 bits per heavy atom. The highest BCUT2D eigenvalue weighted by Gasteiger charge is 2.23. The zero-order chi connectivity index (χ0) is 29.0. The normalized spacial score (nSPS) is 13.9. The summed E-state index contributed by atoms with van der Waals surface area (Å²) in [7, 11) is 1.79. The Kier molecular flexibility index (Phi) is 11.1. The molecule has 1 N–H and O–H groups in total. The van der Waals surface area contributed by atoms with E-state index in [0.29, 0.717) is 24.2 Å². The minimum atomic E-state index is -0.196. The first kappa shape index (κ1) is 30.0. The highest BCUT2D eigenvalue weighted by Crippen LogP contribution is 2.24. The van der Waals surface area contributed by atoms with Gasteiger partial charge in [0.15, 0.2) is 0 Å². The molecule has 2 amide bonds. The number of amides is 2. The predicted molar refractivity (Wildman–Crippen MR) is 162 cm³/mol. The van der Waals surface area contributed by atoms with E-state index >= 15 is 0 Å². The average molecular weight is 556 g/mol. The van der Waals surface area contributed by atoms with Gasteiger partial charge in [-0.25, -0.2) is 0 Å². The fourth-order valence-electron chi connectivity index (χ4n) is 5.10. The van der Waals surface area contributed by atoms with Crippen LogP contribution >= 0.6 is 0 Å². The molecule has 7 heteroatoms. The number of nitrogens with one attached hydrogen (secondary N) is 1. The molecule has 0 radical (unpaired) electrons. The van der Waals surface area contributed by atoms with Crippen molar-refractivity contribution in [2.75, 3.05) is 39.8 Å². The quantitative estimate of drug-likeness (QED) is 0.245. The van der Waals surface area contributed by atoms with Crippen LogP contribution in [0.25, 0.3) is 11.1 Å². The van der Waals surface area contributed by atoms with Crippen LogP contribution in [0, 0.1) is 0 Å². The number of hydrogen-bond acceptors (Lipinski definition) is 5. The summed E-state index contributed by atoms with van der Waals surface area (Å²) in [6.07, 6.45) is 3.65. The minimum absolute atomic E-state index is 0.0896. The van der Waals surface area contributed by atoms with Gasteiger partial charge in [-0.2, -0.15) is 0 Å². The predicted octanol–water partition coefficient (Wildman–Crippen LogP) is 5.21. The molecule has 1 aliphatic heterocycles. The van der Waals surface area contributed by atoms with Crippen molar-refractivity contribution in [1.82, 2.24) is 15.1 Å². The summed E-state index contributed by atoms with van der Waals surface area (Å²) in [5.74, 6) is -0.453. The molecular weight excluding hydrogens is 514 g/mol. The molecule has 0 aliphatic carbocycles. The van der Waals surface area contributed by atoms with Crippen molar-refractivity contribution in [1.29, 1.82) is 0 Å². The number of ether oxygens (including phenoxy) is 1. The molecule has 1 heterocycles. The smallest absolute Gasteiger partial charge is 0.310 e. The van der Waals surface area contributed by atoms with Crippen molar-refractivity contribution in [3.05, 3.63) is 95.6 Å². The summed E-state index contributed by atoms with van der Waals surface area (Å²) in [6, 6.07) is 25.0. The first-order chi connectivity index (χ1) is 19.9. The van der Waals surface area contributed by atoms with Crippen LogP contribution in [0.3, 0.4) is 0 Å². The van der Waals surface area contributed by atoms with Crippen LogP contribution in [0.2, 0.25) is 0 Å². The fourth-order valence-corrected chi connectivity index (χ4v) is 5.10. The number of benzene rings is 3. The standard InChI is InChI=1S/C34H41N3O4/c1-3-4-19-35-33(39)28-14-10-15-29(24-28)34(40)36(2)22-23-37-20-17-30(18-21-37)41-32(38)25-27-13-8-9-16-31(27)26-11-6-5-7-12-26/h5-16,24,30H,3-4,17-23,25H2,1-2H3,(H,35,39). The van der Waals surface area contributed by atoms with Crippen LogP contribution < -0.4 is 5.32 Å². The summed E-state index contributed by atoms with van der Waals surface area (Å²) in [4.78, 5) is 42.2. The summed E-state index contributed by atoms with van der Waals surface area (Å²) in [5.41, 5.74) is 4.13. The highest BCUT2D eigenvalue weighted by atomic mass is 16.5. The molecule has 3 aromatic carbocycles. The third kappa shape index (κ3) is 8.76. The molecule has 3 aromatic rings. The van der Waals surface area contributed by atoms with Crippen molar-refractivity contribution in [2.24, 2.45) is 0 Å². The Bertz CT molecular complexity index is 1300. The van der Waals surface area contributed by atoms with E-state index in [-0.39, 0.29) is 30.3 Å². The van der Waals surface area contributed by atoms with Gasteiger partial charge in [0, 0.05) is 50.9 Å². The summed E-state index contributed by atoms with van der Waals surface area (Å²) in [5, 5.41) is 2.90. The third-order valence-electron chi connectivity index (χ3n) is 7.56. The van der Waals surface area contributed by atoms with Gasteiger partial charge in [-0.1, -0.05) is 74.0 Å². The Labute approximate surface area is 243 Å². The molecule has 1 fully saturated rings. The molecule has 216 valence electrons. The second kappa shape index (κ2) is 15.1. The highest BCUT2D eigenvalue weighted by molar-refractivity contribution is 5.99. The van der Waals surface area contributed by atoms with Gasteiger partial charge in [-0.05, 0) is 54.2 Å². The number of likely N-dealkylation sites (N-methyl/N-ethyl adjacent to an activating group) is 1. The Balaban J connectivity index is 1.20. The lowest BCUT2D eigenvalue weighted by molar-refractivity contribution is -0.150. The molecular formula is C34H41N3O4. The van der Waals surface area contributed by atoms with Crippen LogP contribution in [0.1, 0.15) is 58.9 Å². The van der Waals surface area contributed by atoms with Crippen molar-refractivity contribution in [2.45, 2.75) is 45.1 Å². The van der Waals surface area contributed by atoms with Gasteiger partial charge in [0.1, 0.15) is 6.10 Å². The van der Waals surface area contributed by atoms with E-state index in [2.05, 4.69) is 29.3 Å². The monoisotopic (exact) mass is 555 g/mol. The number of rotatable bonds is 12. The molecule has 41 heavy (non-hydrogen) atoms. The van der Waals surface area contributed by atoms with E-state index in [9.17, 15) is 14.4 Å². The number of piperidine rings is 1. The first-order valence-corrected chi connectivity index (χ1v) is 14.6. The lowest BCUT2D eigenvalue weighted by atomic mass is 9.98. The van der Waals surface area contributed by atoms with Gasteiger partial charge < -0.3 is 19.9 Å². The van der Waals surface area contributed by atoms with Gasteiger partial charge in [-0.15, -0.1) is 0 Å². The maximum atomic E-state index is 13.0. The largest absolute Gasteiger partial charge is 0.462 e. The van der Waals surface area contributed by atoms with Gasteiger partial charge >= 0.3 is 5.97 Å². The van der Waals surface area contributed by atoms with Gasteiger partial charge in [0.2, 0.25) is 0 Å². The Hall–Kier alpha value is -3.97. The molecule has 0 unspecified atom stereocenters. The van der Waals surface area contributed by atoms with Gasteiger partial charge in [0.25, 0.3) is 11.8 Å². The maximum Gasteiger partial charge on any atom is 0.310 e. The second-order valence-electron chi connectivity index (χ2n) is 10.6. The zero-order valence-corrected chi connectivity index (χ0v) is 24.2. The molecule has 0 aromatic heterocycles. The average Bonchev–Trinajstić information content (AvgIpc) is 3.01. The SMILES string of the molecule is CCCCNC(=O)c1cccc(C(=O)N(C)CCN2CCC(OC(=O)Cc3ccccc3-c3ccccc3)CC2)c1. The van der Waals surface area contributed by atoms with Gasteiger partial charge in [0.05, 0.1) is 6.42 Å². The third-order valence-corrected chi connectivity index (χ3v) is 7.56. The van der Waals surface area contributed by atoms with Crippen molar-refractivity contribution in [3.63, 3.8) is 0 Å².